The van der Waals surface area contributed by atoms with E-state index in [2.05, 4.69) is 20.6 Å². The molecule has 0 unspecified atom stereocenters. The molecule has 0 atom stereocenters. The molecule has 0 saturated carbocycles. The van der Waals surface area contributed by atoms with Crippen molar-refractivity contribution in [1.82, 2.24) is 24.6 Å². The molecule has 5 rings (SSSR count). The zero-order chi connectivity index (χ0) is 21.2. The lowest BCUT2D eigenvalue weighted by molar-refractivity contribution is -0.121. The van der Waals surface area contributed by atoms with Gasteiger partial charge in [0.25, 0.3) is 11.5 Å². The Bertz CT molecular complexity index is 1360. The molecule has 2 aromatic carbocycles. The summed E-state index contributed by atoms with van der Waals surface area (Å²) in [6.07, 6.45) is 2.79. The van der Waals surface area contributed by atoms with Crippen molar-refractivity contribution in [2.24, 2.45) is 5.10 Å². The van der Waals surface area contributed by atoms with Gasteiger partial charge in [-0.3, -0.25) is 9.59 Å². The van der Waals surface area contributed by atoms with E-state index < -0.39 is 0 Å². The van der Waals surface area contributed by atoms with E-state index in [1.165, 1.54) is 18.6 Å². The maximum atomic E-state index is 12.6. The van der Waals surface area contributed by atoms with E-state index in [9.17, 15) is 9.59 Å². The molecule has 0 fully saturated rings. The number of nitrogens with one attached hydrogen (secondary N) is 1. The summed E-state index contributed by atoms with van der Waals surface area (Å²) in [6, 6.07) is 16.1. The Hall–Kier alpha value is -4.47. The van der Waals surface area contributed by atoms with E-state index >= 15 is 0 Å². The van der Waals surface area contributed by atoms with Gasteiger partial charge in [-0.05, 0) is 29.3 Å². The summed E-state index contributed by atoms with van der Waals surface area (Å²) in [5.74, 6) is 1.18. The molecule has 1 amide bonds. The van der Waals surface area contributed by atoms with Crippen LogP contribution in [0.1, 0.15) is 5.56 Å². The molecule has 0 saturated heterocycles. The highest BCUT2D eigenvalue weighted by Gasteiger charge is 2.15. The van der Waals surface area contributed by atoms with Gasteiger partial charge in [0.1, 0.15) is 12.9 Å². The second-order valence-electron chi connectivity index (χ2n) is 6.70. The fraction of sp³-hybridized carbons (Fsp3) is 0.0952. The third-order valence-corrected chi connectivity index (χ3v) is 4.70. The van der Waals surface area contributed by atoms with Gasteiger partial charge in [-0.25, -0.2) is 5.43 Å². The molecular formula is C21H16N6O4. The Morgan fingerprint density at radius 3 is 2.84 bits per heavy atom. The van der Waals surface area contributed by atoms with Crippen molar-refractivity contribution in [3.8, 4) is 22.8 Å². The van der Waals surface area contributed by atoms with Crippen LogP contribution >= 0.6 is 0 Å². The Balaban J connectivity index is 1.39. The highest BCUT2D eigenvalue weighted by Crippen LogP contribution is 2.31. The van der Waals surface area contributed by atoms with Gasteiger partial charge in [0.15, 0.2) is 11.5 Å². The molecule has 10 nitrogen and oxygen atoms in total. The van der Waals surface area contributed by atoms with Crippen LogP contribution in [-0.4, -0.2) is 38.1 Å². The third kappa shape index (κ3) is 3.62. The first-order chi connectivity index (χ1) is 15.2. The van der Waals surface area contributed by atoms with Gasteiger partial charge in [0.2, 0.25) is 12.6 Å². The Kier molecular flexibility index (Phi) is 4.64. The highest BCUT2D eigenvalue weighted by molar-refractivity contribution is 5.83. The van der Waals surface area contributed by atoms with Gasteiger partial charge in [-0.2, -0.15) is 19.7 Å². The zero-order valence-corrected chi connectivity index (χ0v) is 16.1. The van der Waals surface area contributed by atoms with E-state index in [0.717, 1.165) is 15.6 Å². The van der Waals surface area contributed by atoms with Crippen molar-refractivity contribution in [1.29, 1.82) is 0 Å². The normalized spacial score (nSPS) is 12.5. The quantitative estimate of drug-likeness (QED) is 0.389. The number of carbonyl (C=O) groups excluding carboxylic acids is 1. The van der Waals surface area contributed by atoms with Crippen LogP contribution < -0.4 is 20.5 Å². The average Bonchev–Trinajstić information content (AvgIpc) is 3.46. The van der Waals surface area contributed by atoms with Crippen LogP contribution in [0, 0.1) is 0 Å². The lowest BCUT2D eigenvalue weighted by atomic mass is 10.1. The SMILES string of the molecule is O=C(Cn1c(-c2ccccc2)cc(=O)n2ncnc12)N/N=C/c1ccc2c(c1)OCO2. The first-order valence-corrected chi connectivity index (χ1v) is 9.39. The molecule has 154 valence electrons. The van der Waals surface area contributed by atoms with Crippen molar-refractivity contribution in [2.45, 2.75) is 6.54 Å². The number of hydrazone groups is 1. The molecule has 0 aliphatic carbocycles. The molecule has 31 heavy (non-hydrogen) atoms. The second kappa shape index (κ2) is 7.75. The third-order valence-electron chi connectivity index (χ3n) is 4.70. The Morgan fingerprint density at radius 2 is 1.97 bits per heavy atom. The van der Waals surface area contributed by atoms with E-state index in [1.807, 2.05) is 30.3 Å². The summed E-state index contributed by atoms with van der Waals surface area (Å²) < 4.78 is 13.4. The molecule has 3 heterocycles. The van der Waals surface area contributed by atoms with Crippen LogP contribution in [0.2, 0.25) is 0 Å². The predicted octanol–water partition coefficient (Wildman–Crippen LogP) is 1.44. The average molecular weight is 416 g/mol. The maximum Gasteiger partial charge on any atom is 0.276 e. The number of amides is 1. The van der Waals surface area contributed by atoms with E-state index in [4.69, 9.17) is 9.47 Å². The van der Waals surface area contributed by atoms with Crippen LogP contribution in [0.5, 0.6) is 11.5 Å². The number of hydrogen-bond acceptors (Lipinski definition) is 7. The van der Waals surface area contributed by atoms with Gasteiger partial charge >= 0.3 is 0 Å². The van der Waals surface area contributed by atoms with Gasteiger partial charge in [-0.1, -0.05) is 30.3 Å². The van der Waals surface area contributed by atoms with Crippen molar-refractivity contribution in [2.75, 3.05) is 6.79 Å². The van der Waals surface area contributed by atoms with Gasteiger partial charge in [-0.15, -0.1) is 0 Å². The Labute approximate surface area is 175 Å². The first-order valence-electron chi connectivity index (χ1n) is 9.39. The van der Waals surface area contributed by atoms with E-state index in [0.29, 0.717) is 17.2 Å². The van der Waals surface area contributed by atoms with Gasteiger partial charge < -0.3 is 14.0 Å². The molecular weight excluding hydrogens is 400 g/mol. The molecule has 1 N–H and O–H groups in total. The minimum absolute atomic E-state index is 0.106. The highest BCUT2D eigenvalue weighted by atomic mass is 16.7. The van der Waals surface area contributed by atoms with Gasteiger partial charge in [0, 0.05) is 6.07 Å². The van der Waals surface area contributed by atoms with Crippen molar-refractivity contribution >= 4 is 17.9 Å². The summed E-state index contributed by atoms with van der Waals surface area (Å²) in [5.41, 5.74) is 4.25. The summed E-state index contributed by atoms with van der Waals surface area (Å²) in [5, 5.41) is 7.95. The Morgan fingerprint density at radius 1 is 1.13 bits per heavy atom. The standard InChI is InChI=1S/C21H16N6O4/c28-19(25-23-10-14-6-7-17-18(8-14)31-13-30-17)11-26-16(15-4-2-1-3-5-15)9-20(29)27-21(26)22-12-24-27/h1-10,12H,11,13H2,(H,25,28)/b23-10+. The molecule has 4 aromatic rings. The first kappa shape index (κ1) is 18.6. The molecule has 1 aliphatic rings. The van der Waals surface area contributed by atoms with E-state index in [1.54, 1.807) is 22.8 Å². The number of hydrogen-bond donors (Lipinski definition) is 1. The van der Waals surface area contributed by atoms with Crippen molar-refractivity contribution < 1.29 is 14.3 Å². The molecule has 0 spiro atoms. The molecule has 10 heteroatoms. The van der Waals surface area contributed by atoms with Crippen molar-refractivity contribution in [3.05, 3.63) is 76.8 Å². The minimum Gasteiger partial charge on any atom is -0.454 e. The van der Waals surface area contributed by atoms with Crippen LogP contribution in [0.15, 0.2) is 70.8 Å². The lowest BCUT2D eigenvalue weighted by Gasteiger charge is -2.13. The molecule has 0 radical (unpaired) electrons. The van der Waals surface area contributed by atoms with Crippen LogP contribution in [0.25, 0.3) is 17.0 Å². The summed E-state index contributed by atoms with van der Waals surface area (Å²) in [6.45, 7) is 0.0814. The molecule has 2 aromatic heterocycles. The van der Waals surface area contributed by atoms with Crippen LogP contribution in [0.4, 0.5) is 0 Å². The predicted molar refractivity (Wildman–Crippen MR) is 111 cm³/mol. The largest absolute Gasteiger partial charge is 0.454 e. The zero-order valence-electron chi connectivity index (χ0n) is 16.1. The monoisotopic (exact) mass is 416 g/mol. The minimum atomic E-state index is -0.386. The smallest absolute Gasteiger partial charge is 0.276 e. The fourth-order valence-corrected chi connectivity index (χ4v) is 3.29. The summed E-state index contributed by atoms with van der Waals surface area (Å²) in [7, 11) is 0. The number of fused-ring (bicyclic) bond motifs is 2. The van der Waals surface area contributed by atoms with Crippen LogP contribution in [0.3, 0.4) is 0 Å². The topological polar surface area (TPSA) is 112 Å². The maximum absolute atomic E-state index is 12.6. The number of nitrogens with zero attached hydrogens (tertiary/aromatic N) is 5. The fourth-order valence-electron chi connectivity index (χ4n) is 3.29. The summed E-state index contributed by atoms with van der Waals surface area (Å²) >= 11 is 0. The number of aromatic nitrogens is 4. The summed E-state index contributed by atoms with van der Waals surface area (Å²) in [4.78, 5) is 29.1. The molecule has 1 aliphatic heterocycles. The van der Waals surface area contributed by atoms with E-state index in [-0.39, 0.29) is 30.6 Å². The second-order valence-corrected chi connectivity index (χ2v) is 6.70. The number of carbonyl (C=O) groups is 1. The van der Waals surface area contributed by atoms with Crippen molar-refractivity contribution in [3.63, 3.8) is 0 Å². The van der Waals surface area contributed by atoms with Crippen LogP contribution in [-0.2, 0) is 11.3 Å². The number of rotatable bonds is 5. The van der Waals surface area contributed by atoms with Gasteiger partial charge in [0.05, 0.1) is 11.9 Å². The number of ether oxygens (including phenoxy) is 2. The lowest BCUT2D eigenvalue weighted by Crippen LogP contribution is -2.27. The number of benzene rings is 2. The molecule has 0 bridgehead atoms.